The van der Waals surface area contributed by atoms with Crippen LogP contribution in [0.15, 0.2) is 24.3 Å². The van der Waals surface area contributed by atoms with E-state index in [4.69, 9.17) is 4.74 Å². The Morgan fingerprint density at radius 2 is 2.05 bits per heavy atom. The molecule has 0 saturated carbocycles. The van der Waals surface area contributed by atoms with E-state index in [1.165, 1.54) is 4.90 Å². The third kappa shape index (κ3) is 5.48. The number of likely N-dealkylation sites (N-methyl/N-ethyl adjacent to an activating group) is 1. The Balaban J connectivity index is 2.38. The number of ether oxygens (including phenoxy) is 1. The molecule has 0 bridgehead atoms. The number of aryl methyl sites for hydroxylation is 1. The number of rotatable bonds is 6. The van der Waals surface area contributed by atoms with Crippen molar-refractivity contribution in [2.45, 2.75) is 32.9 Å². The van der Waals surface area contributed by atoms with Crippen LogP contribution in [0, 0.1) is 6.92 Å². The maximum atomic E-state index is 11.8. The highest BCUT2D eigenvalue weighted by molar-refractivity contribution is 5.74. The van der Waals surface area contributed by atoms with Crippen molar-refractivity contribution in [2.75, 3.05) is 20.2 Å². The summed E-state index contributed by atoms with van der Waals surface area (Å²) in [5.74, 6) is 0.825. The van der Waals surface area contributed by atoms with Crippen LogP contribution >= 0.6 is 0 Å². The van der Waals surface area contributed by atoms with Crippen molar-refractivity contribution in [3.63, 3.8) is 0 Å². The SMILES string of the molecule is Cc1ccccc1OC[C@H](C)NC(=O)N(C)C[C@H](C)O. The molecule has 112 valence electrons. The largest absolute Gasteiger partial charge is 0.491 e. The first-order valence-electron chi connectivity index (χ1n) is 6.78. The summed E-state index contributed by atoms with van der Waals surface area (Å²) >= 11 is 0. The Morgan fingerprint density at radius 3 is 2.65 bits per heavy atom. The fourth-order valence-corrected chi connectivity index (χ4v) is 1.78. The number of aliphatic hydroxyl groups is 1. The number of hydrogen-bond donors (Lipinski definition) is 2. The van der Waals surface area contributed by atoms with Crippen LogP contribution in [0.25, 0.3) is 0 Å². The van der Waals surface area contributed by atoms with E-state index < -0.39 is 6.10 Å². The van der Waals surface area contributed by atoms with Crippen LogP contribution in [-0.4, -0.2) is 48.4 Å². The predicted octanol–water partition coefficient (Wildman–Crippen LogP) is 1.78. The van der Waals surface area contributed by atoms with Crippen molar-refractivity contribution < 1.29 is 14.6 Å². The van der Waals surface area contributed by atoms with Crippen LogP contribution < -0.4 is 10.1 Å². The third-order valence-electron chi connectivity index (χ3n) is 2.84. The van der Waals surface area contributed by atoms with Gasteiger partial charge >= 0.3 is 6.03 Å². The standard InChI is InChI=1S/C15H24N2O3/c1-11-7-5-6-8-14(11)20-10-12(2)16-15(19)17(4)9-13(3)18/h5-8,12-13,18H,9-10H2,1-4H3,(H,16,19)/t12-,13-/m0/s1. The van der Waals surface area contributed by atoms with Crippen molar-refractivity contribution in [2.24, 2.45) is 0 Å². The Kier molecular flexibility index (Phi) is 6.31. The summed E-state index contributed by atoms with van der Waals surface area (Å²) in [6, 6.07) is 7.43. The monoisotopic (exact) mass is 280 g/mol. The second-order valence-electron chi connectivity index (χ2n) is 5.16. The first-order valence-corrected chi connectivity index (χ1v) is 6.78. The van der Waals surface area contributed by atoms with Crippen LogP contribution in [0.1, 0.15) is 19.4 Å². The Bertz CT molecular complexity index is 435. The van der Waals surface area contributed by atoms with E-state index in [1.807, 2.05) is 38.1 Å². The number of nitrogens with zero attached hydrogens (tertiary/aromatic N) is 1. The maximum absolute atomic E-state index is 11.8. The molecule has 2 amide bonds. The van der Waals surface area contributed by atoms with Crippen LogP contribution in [0.3, 0.4) is 0 Å². The van der Waals surface area contributed by atoms with Gasteiger partial charge in [-0.1, -0.05) is 18.2 Å². The van der Waals surface area contributed by atoms with E-state index in [-0.39, 0.29) is 12.1 Å². The lowest BCUT2D eigenvalue weighted by atomic mass is 10.2. The number of hydrogen-bond acceptors (Lipinski definition) is 3. The molecule has 2 N–H and O–H groups in total. The Morgan fingerprint density at radius 1 is 1.40 bits per heavy atom. The zero-order valence-corrected chi connectivity index (χ0v) is 12.6. The third-order valence-corrected chi connectivity index (χ3v) is 2.84. The van der Waals surface area contributed by atoms with Gasteiger partial charge in [-0.05, 0) is 32.4 Å². The smallest absolute Gasteiger partial charge is 0.317 e. The molecule has 2 atom stereocenters. The second-order valence-corrected chi connectivity index (χ2v) is 5.16. The highest BCUT2D eigenvalue weighted by Crippen LogP contribution is 2.16. The van der Waals surface area contributed by atoms with Gasteiger partial charge < -0.3 is 20.1 Å². The molecule has 0 saturated heterocycles. The molecule has 20 heavy (non-hydrogen) atoms. The normalized spacial score (nSPS) is 13.4. The van der Waals surface area contributed by atoms with E-state index in [2.05, 4.69) is 5.32 Å². The maximum Gasteiger partial charge on any atom is 0.317 e. The number of carbonyl (C=O) groups is 1. The fraction of sp³-hybridized carbons (Fsp3) is 0.533. The average Bonchev–Trinajstić information content (AvgIpc) is 2.37. The molecular weight excluding hydrogens is 256 g/mol. The van der Waals surface area contributed by atoms with E-state index in [9.17, 15) is 9.90 Å². The number of benzene rings is 1. The quantitative estimate of drug-likeness (QED) is 0.835. The van der Waals surface area contributed by atoms with Gasteiger partial charge in [0.15, 0.2) is 0 Å². The van der Waals surface area contributed by atoms with Crippen molar-refractivity contribution >= 4 is 6.03 Å². The van der Waals surface area contributed by atoms with Crippen LogP contribution in [0.2, 0.25) is 0 Å². The van der Waals surface area contributed by atoms with E-state index in [1.54, 1.807) is 14.0 Å². The van der Waals surface area contributed by atoms with Crippen LogP contribution in [0.4, 0.5) is 4.79 Å². The predicted molar refractivity (Wildman–Crippen MR) is 79.0 cm³/mol. The zero-order chi connectivity index (χ0) is 15.1. The second kappa shape index (κ2) is 7.75. The van der Waals surface area contributed by atoms with Crippen molar-refractivity contribution in [3.8, 4) is 5.75 Å². The highest BCUT2D eigenvalue weighted by atomic mass is 16.5. The summed E-state index contributed by atoms with van der Waals surface area (Å²) in [5, 5.41) is 12.1. The summed E-state index contributed by atoms with van der Waals surface area (Å²) in [4.78, 5) is 13.3. The topological polar surface area (TPSA) is 61.8 Å². The molecule has 5 nitrogen and oxygen atoms in total. The van der Waals surface area contributed by atoms with Gasteiger partial charge in [-0.2, -0.15) is 0 Å². The molecule has 0 spiro atoms. The molecule has 1 aromatic carbocycles. The van der Waals surface area contributed by atoms with Gasteiger partial charge in [-0.3, -0.25) is 0 Å². The molecule has 0 heterocycles. The molecule has 0 unspecified atom stereocenters. The van der Waals surface area contributed by atoms with Gasteiger partial charge in [0.1, 0.15) is 12.4 Å². The summed E-state index contributed by atoms with van der Waals surface area (Å²) in [5.41, 5.74) is 1.07. The van der Waals surface area contributed by atoms with E-state index in [0.717, 1.165) is 11.3 Å². The molecule has 1 rings (SSSR count). The van der Waals surface area contributed by atoms with E-state index >= 15 is 0 Å². The summed E-state index contributed by atoms with van der Waals surface area (Å²) < 4.78 is 5.68. The number of urea groups is 1. The van der Waals surface area contributed by atoms with Gasteiger partial charge in [0.2, 0.25) is 0 Å². The minimum Gasteiger partial charge on any atom is -0.491 e. The van der Waals surface area contributed by atoms with Gasteiger partial charge in [-0.15, -0.1) is 0 Å². The zero-order valence-electron chi connectivity index (χ0n) is 12.6. The minimum absolute atomic E-state index is 0.112. The Labute approximate surface area is 120 Å². The lowest BCUT2D eigenvalue weighted by molar-refractivity contribution is 0.141. The molecule has 0 aliphatic rings. The van der Waals surface area contributed by atoms with Crippen LogP contribution in [-0.2, 0) is 0 Å². The Hall–Kier alpha value is -1.75. The van der Waals surface area contributed by atoms with Gasteiger partial charge in [0, 0.05) is 13.6 Å². The van der Waals surface area contributed by atoms with Crippen LogP contribution in [0.5, 0.6) is 5.75 Å². The van der Waals surface area contributed by atoms with Gasteiger partial charge in [0.05, 0.1) is 12.1 Å². The molecule has 0 aliphatic heterocycles. The molecule has 5 heteroatoms. The summed E-state index contributed by atoms with van der Waals surface area (Å²) in [7, 11) is 1.65. The number of carbonyl (C=O) groups excluding carboxylic acids is 1. The summed E-state index contributed by atoms with van der Waals surface area (Å²) in [6.07, 6.45) is -0.538. The lowest BCUT2D eigenvalue weighted by Gasteiger charge is -2.22. The van der Waals surface area contributed by atoms with E-state index in [0.29, 0.717) is 13.2 Å². The first kappa shape index (κ1) is 16.3. The molecule has 0 radical (unpaired) electrons. The van der Waals surface area contributed by atoms with Crippen molar-refractivity contribution in [1.82, 2.24) is 10.2 Å². The molecule has 1 aromatic rings. The average molecular weight is 280 g/mol. The lowest BCUT2D eigenvalue weighted by Crippen LogP contribution is -2.46. The molecule has 0 fully saturated rings. The molecular formula is C15H24N2O3. The van der Waals surface area contributed by atoms with Crippen molar-refractivity contribution in [1.29, 1.82) is 0 Å². The molecule has 0 aromatic heterocycles. The minimum atomic E-state index is -0.538. The first-order chi connectivity index (χ1) is 9.40. The number of amides is 2. The number of nitrogens with one attached hydrogen (secondary N) is 1. The fourth-order valence-electron chi connectivity index (χ4n) is 1.78. The summed E-state index contributed by atoms with van der Waals surface area (Å²) in [6.45, 7) is 6.21. The number of aliphatic hydroxyl groups excluding tert-OH is 1. The van der Waals surface area contributed by atoms with Gasteiger partial charge in [-0.25, -0.2) is 4.79 Å². The molecule has 0 aliphatic carbocycles. The highest BCUT2D eigenvalue weighted by Gasteiger charge is 2.14. The number of para-hydroxylation sites is 1. The van der Waals surface area contributed by atoms with Gasteiger partial charge in [0.25, 0.3) is 0 Å². The van der Waals surface area contributed by atoms with Crippen molar-refractivity contribution in [3.05, 3.63) is 29.8 Å².